The molecule has 26 nitrogen and oxygen atoms in total. The highest BCUT2D eigenvalue weighted by Crippen LogP contribution is 2.43. The van der Waals surface area contributed by atoms with Crippen molar-refractivity contribution >= 4 is 83.5 Å². The predicted molar refractivity (Wildman–Crippen MR) is 334 cm³/mol. The number of aliphatic imine (C=N–C) groups is 1. The minimum atomic E-state index is -1.54. The Bertz CT molecular complexity index is 3430. The van der Waals surface area contributed by atoms with Crippen LogP contribution in [-0.4, -0.2) is 166 Å². The predicted octanol–water partition coefficient (Wildman–Crippen LogP) is 6.72. The molecule has 0 saturated carbocycles. The van der Waals surface area contributed by atoms with E-state index in [-0.39, 0.29) is 117 Å². The maximum absolute atomic E-state index is 14.4. The lowest BCUT2D eigenvalue weighted by molar-refractivity contribution is -0.138. The summed E-state index contributed by atoms with van der Waals surface area (Å²) in [6.45, 7) is 13.3. The van der Waals surface area contributed by atoms with Gasteiger partial charge in [0.1, 0.15) is 18.3 Å². The molecule has 0 bridgehead atoms. The number of unbranched alkanes of at least 4 members (excludes halogenated alkanes) is 4. The number of carbonyl (C=O) groups excluding carboxylic acids is 8. The van der Waals surface area contributed by atoms with E-state index < -0.39 is 53.5 Å². The Kier molecular flexibility index (Phi) is 21.5. The van der Waals surface area contributed by atoms with Gasteiger partial charge < -0.3 is 60.3 Å². The van der Waals surface area contributed by atoms with Crippen LogP contribution in [0.4, 0.5) is 26.7 Å². The van der Waals surface area contributed by atoms with Crippen LogP contribution in [0.3, 0.4) is 0 Å². The van der Waals surface area contributed by atoms with Crippen molar-refractivity contribution < 1.29 is 67.1 Å². The number of aliphatic hydroxyl groups excluding tert-OH is 1. The van der Waals surface area contributed by atoms with Gasteiger partial charge >= 0.3 is 12.1 Å². The van der Waals surface area contributed by atoms with Crippen molar-refractivity contribution in [2.24, 2.45) is 16.6 Å². The Morgan fingerprint density at radius 2 is 1.48 bits per heavy atom. The minimum Gasteiger partial charge on any atom is -0.493 e. The maximum Gasteiger partial charge on any atom is 0.416 e. The number of ether oxygens (including phenoxy) is 5. The van der Waals surface area contributed by atoms with Crippen molar-refractivity contribution in [2.45, 2.75) is 133 Å². The Morgan fingerprint density at radius 1 is 0.811 bits per heavy atom. The molecule has 5 aliphatic heterocycles. The molecule has 4 aromatic rings. The fourth-order valence-corrected chi connectivity index (χ4v) is 11.9. The van der Waals surface area contributed by atoms with E-state index in [1.165, 1.54) is 40.8 Å². The summed E-state index contributed by atoms with van der Waals surface area (Å²) in [5.41, 5.74) is 9.40. The van der Waals surface area contributed by atoms with Crippen LogP contribution in [0.15, 0.2) is 84.0 Å². The molecule has 90 heavy (non-hydrogen) atoms. The molecule has 0 spiro atoms. The van der Waals surface area contributed by atoms with Gasteiger partial charge in [0.05, 0.1) is 79.5 Å². The zero-order chi connectivity index (χ0) is 64.3. The molecule has 9 rings (SSSR count). The number of rotatable bonds is 28. The van der Waals surface area contributed by atoms with Crippen molar-refractivity contribution in [3.63, 3.8) is 0 Å². The number of amides is 9. The largest absolute Gasteiger partial charge is 0.493 e. The number of urea groups is 1. The van der Waals surface area contributed by atoms with Gasteiger partial charge in [-0.3, -0.25) is 38.7 Å². The molecular formula is C63H78N12O14S. The van der Waals surface area contributed by atoms with E-state index in [4.69, 9.17) is 29.4 Å². The second-order valence-electron chi connectivity index (χ2n) is 23.3. The first-order valence-corrected chi connectivity index (χ1v) is 30.7. The Labute approximate surface area is 526 Å². The quantitative estimate of drug-likeness (QED) is 0.0149. The molecule has 0 radical (unpaired) electrons. The van der Waals surface area contributed by atoms with Crippen LogP contribution < -0.4 is 45.5 Å². The SMILES string of the molecule is C=C1C[C@H]2C=Nc3cc(OCCCCCOc4cc5c(cc4OC)C(=O)N4CC(=C)C[C@H]4[C@H](O)N5C(=O)OCc4ccc(NC(=O)[C@H](CCCNC(N)=O)n5cc([C@@H](NC(=O)CCCCCN6C(=O)CC(S)C6=O)C(C)C)nn5)cc4)c(OC)cc3C(=O)N2C1. The number of primary amides is 1. The summed E-state index contributed by atoms with van der Waals surface area (Å²) in [4.78, 5) is 115. The number of nitrogens with zero attached hydrogens (tertiary/aromatic N) is 8. The smallest absolute Gasteiger partial charge is 0.416 e. The number of thiol groups is 1. The van der Waals surface area contributed by atoms with Gasteiger partial charge in [-0.1, -0.05) is 61.9 Å². The summed E-state index contributed by atoms with van der Waals surface area (Å²) in [5.74, 6) is -0.573. The number of benzene rings is 3. The highest BCUT2D eigenvalue weighted by Gasteiger charge is 2.47. The number of fused-ring (bicyclic) bond motifs is 4. The molecule has 1 unspecified atom stereocenters. The second kappa shape index (κ2) is 29.6. The van der Waals surface area contributed by atoms with Crippen LogP contribution >= 0.6 is 12.6 Å². The number of hydrogen-bond donors (Lipinski definition) is 6. The van der Waals surface area contributed by atoms with Crippen molar-refractivity contribution in [3.05, 3.63) is 101 Å². The topological polar surface area (TPSA) is 321 Å². The highest BCUT2D eigenvalue weighted by molar-refractivity contribution is 7.81. The fourth-order valence-electron chi connectivity index (χ4n) is 11.6. The number of hydrogen-bond acceptors (Lipinski definition) is 18. The van der Waals surface area contributed by atoms with Crippen LogP contribution in [0, 0.1) is 5.92 Å². The Morgan fingerprint density at radius 3 is 2.16 bits per heavy atom. The molecule has 6 N–H and O–H groups in total. The lowest BCUT2D eigenvalue weighted by Crippen LogP contribution is -2.50. The lowest BCUT2D eigenvalue weighted by atomic mass is 10.0. The molecular weight excluding hydrogens is 1180 g/mol. The molecule has 3 aromatic carbocycles. The van der Waals surface area contributed by atoms with E-state index in [0.717, 1.165) is 10.5 Å². The number of likely N-dealkylation sites (tertiary alicyclic amines) is 1. The van der Waals surface area contributed by atoms with Crippen molar-refractivity contribution in [1.29, 1.82) is 0 Å². The van der Waals surface area contributed by atoms with E-state index in [0.29, 0.717) is 110 Å². The number of aliphatic hydroxyl groups is 1. The van der Waals surface area contributed by atoms with Crippen LogP contribution in [0.25, 0.3) is 0 Å². The average Bonchev–Trinajstić information content (AvgIpc) is 1.79. The van der Waals surface area contributed by atoms with Gasteiger partial charge in [0.2, 0.25) is 23.6 Å². The zero-order valence-corrected chi connectivity index (χ0v) is 51.9. The fraction of sp³-hybridized carbons (Fsp3) is 0.476. The van der Waals surface area contributed by atoms with Gasteiger partial charge in [-0.05, 0) is 93.5 Å². The van der Waals surface area contributed by atoms with Crippen molar-refractivity contribution in [3.8, 4) is 23.0 Å². The first-order chi connectivity index (χ1) is 43.2. The second-order valence-corrected chi connectivity index (χ2v) is 23.9. The molecule has 6 atom stereocenters. The number of methoxy groups -OCH3 is 2. The Hall–Kier alpha value is -8.98. The molecule has 27 heteroatoms. The average molecular weight is 1260 g/mol. The molecule has 1 aromatic heterocycles. The van der Waals surface area contributed by atoms with Gasteiger partial charge in [0.25, 0.3) is 11.8 Å². The summed E-state index contributed by atoms with van der Waals surface area (Å²) in [7, 11) is 2.96. The molecule has 5 aliphatic rings. The normalized spacial score (nSPS) is 19.2. The van der Waals surface area contributed by atoms with E-state index >= 15 is 0 Å². The molecule has 3 fully saturated rings. The summed E-state index contributed by atoms with van der Waals surface area (Å²) >= 11 is 4.17. The lowest BCUT2D eigenvalue weighted by Gasteiger charge is -2.31. The number of aromatic nitrogens is 3. The third-order valence-electron chi connectivity index (χ3n) is 16.4. The Balaban J connectivity index is 0.805. The van der Waals surface area contributed by atoms with E-state index in [1.807, 2.05) is 13.8 Å². The monoisotopic (exact) mass is 1260 g/mol. The van der Waals surface area contributed by atoms with Gasteiger partial charge in [0, 0.05) is 63.1 Å². The summed E-state index contributed by atoms with van der Waals surface area (Å²) in [6.07, 6.45) is 6.25. The zero-order valence-electron chi connectivity index (χ0n) is 51.0. The highest BCUT2D eigenvalue weighted by atomic mass is 32.1. The summed E-state index contributed by atoms with van der Waals surface area (Å²) in [5, 5.41) is 28.5. The minimum absolute atomic E-state index is 0.0551. The number of nitrogens with one attached hydrogen (secondary N) is 3. The van der Waals surface area contributed by atoms with E-state index in [2.05, 4.69) is 57.0 Å². The third-order valence-corrected chi connectivity index (χ3v) is 16.8. The van der Waals surface area contributed by atoms with Gasteiger partial charge in [-0.25, -0.2) is 19.2 Å². The molecule has 480 valence electrons. The van der Waals surface area contributed by atoms with Crippen molar-refractivity contribution in [2.75, 3.05) is 63.8 Å². The molecule has 6 heterocycles. The standard InChI is InChI=1S/C63H78N12O14S/c1-36(2)56(68-54(76)15-9-7-10-21-71-55(77)30-53(90)61(71)82)45-34-74(70-69-45)46(14-13-20-65-62(64)83)57(78)67-40-18-16-39(17-19-40)35-89-63(84)75-47-29-52(50(86-6)27-43(47)59(80)73-33-38(4)25-48(73)60(75)81)88-23-12-8-11-22-87-51-28-44-42(26-49(51)85-5)58(79)72-32-37(3)24-41(72)31-66-44/h16-19,26-29,31,34,36,41,46,48,53,56,60,81,90H,3-4,7-15,20-25,30,32-33,35H2,1-2,5-6H3,(H,67,78)(H,68,76)(H3,64,65,83)/t41-,46-,48-,53?,56-,60-/m0/s1. The van der Waals surface area contributed by atoms with Crippen LogP contribution in [-0.2, 0) is 30.5 Å². The summed E-state index contributed by atoms with van der Waals surface area (Å²) in [6, 6.07) is 9.74. The van der Waals surface area contributed by atoms with E-state index in [1.54, 1.807) is 53.7 Å². The molecule has 0 aliphatic carbocycles. The first kappa shape index (κ1) is 65.5. The van der Waals surface area contributed by atoms with Gasteiger partial charge in [-0.2, -0.15) is 12.6 Å². The number of nitrogens with two attached hydrogens (primary N) is 1. The summed E-state index contributed by atoms with van der Waals surface area (Å²) < 4.78 is 31.0. The third kappa shape index (κ3) is 15.3. The van der Waals surface area contributed by atoms with Crippen LogP contribution in [0.2, 0.25) is 0 Å². The number of anilines is 2. The van der Waals surface area contributed by atoms with Crippen molar-refractivity contribution in [1.82, 2.24) is 40.3 Å². The van der Waals surface area contributed by atoms with Crippen LogP contribution in [0.1, 0.15) is 135 Å². The number of carbonyl (C=O) groups is 8. The van der Waals surface area contributed by atoms with E-state index in [9.17, 15) is 43.5 Å². The first-order valence-electron chi connectivity index (χ1n) is 30.2. The maximum atomic E-state index is 14.4. The number of imide groups is 1. The van der Waals surface area contributed by atoms with Crippen LogP contribution in [0.5, 0.6) is 23.0 Å². The molecule has 3 saturated heterocycles. The molecule has 9 amide bonds. The van der Waals surface area contributed by atoms with Gasteiger partial charge in [-0.15, -0.1) is 5.10 Å². The van der Waals surface area contributed by atoms with Gasteiger partial charge in [0.15, 0.2) is 29.2 Å².